The number of nitrogens with zero attached hydrogens (tertiary/aromatic N) is 5. The van der Waals surface area contributed by atoms with Crippen molar-refractivity contribution < 1.29 is 4.74 Å². The molecule has 3 heterocycles. The van der Waals surface area contributed by atoms with Crippen molar-refractivity contribution in [1.29, 1.82) is 0 Å². The number of fused-ring (bicyclic) bond motifs is 1. The Hall–Kier alpha value is -1.21. The first-order valence-electron chi connectivity index (χ1n) is 6.88. The summed E-state index contributed by atoms with van der Waals surface area (Å²) in [6, 6.07) is 0. The summed E-state index contributed by atoms with van der Waals surface area (Å²) in [5, 5.41) is 9.25. The van der Waals surface area contributed by atoms with Crippen molar-refractivity contribution in [2.24, 2.45) is 0 Å². The number of ether oxygens (including phenoxy) is 1. The standard InChI is InChI=1S/C13H18BrN5O/c1-10-16-17-13-12(15-5-8-19(10)13)18-6-2-11(3-7-18)20-9-4-14/h5,8,11H,2-4,6-7,9H2,1H3. The van der Waals surface area contributed by atoms with E-state index < -0.39 is 0 Å². The topological polar surface area (TPSA) is 55.5 Å². The predicted octanol–water partition coefficient (Wildman–Crippen LogP) is 1.81. The number of alkyl halides is 1. The van der Waals surface area contributed by atoms with Gasteiger partial charge in [-0.05, 0) is 19.8 Å². The highest BCUT2D eigenvalue weighted by atomic mass is 79.9. The third-order valence-electron chi connectivity index (χ3n) is 3.65. The highest BCUT2D eigenvalue weighted by Gasteiger charge is 2.22. The van der Waals surface area contributed by atoms with Gasteiger partial charge in [-0.25, -0.2) is 4.98 Å². The lowest BCUT2D eigenvalue weighted by Gasteiger charge is -2.32. The van der Waals surface area contributed by atoms with E-state index in [4.69, 9.17) is 4.74 Å². The summed E-state index contributed by atoms with van der Waals surface area (Å²) in [7, 11) is 0. The van der Waals surface area contributed by atoms with Crippen LogP contribution in [-0.2, 0) is 4.74 Å². The van der Waals surface area contributed by atoms with Gasteiger partial charge >= 0.3 is 0 Å². The fraction of sp³-hybridized carbons (Fsp3) is 0.615. The van der Waals surface area contributed by atoms with Gasteiger partial charge in [0.1, 0.15) is 5.82 Å². The molecule has 1 saturated heterocycles. The van der Waals surface area contributed by atoms with Gasteiger partial charge in [-0.3, -0.25) is 4.40 Å². The number of hydrogen-bond acceptors (Lipinski definition) is 5. The maximum Gasteiger partial charge on any atom is 0.203 e. The lowest BCUT2D eigenvalue weighted by molar-refractivity contribution is 0.0480. The van der Waals surface area contributed by atoms with Gasteiger partial charge < -0.3 is 9.64 Å². The van der Waals surface area contributed by atoms with Gasteiger partial charge in [0, 0.05) is 30.8 Å². The number of rotatable bonds is 4. The second kappa shape index (κ2) is 6.05. The Kier molecular flexibility index (Phi) is 4.16. The first-order valence-corrected chi connectivity index (χ1v) is 8.00. The molecule has 1 fully saturated rings. The van der Waals surface area contributed by atoms with Crippen LogP contribution >= 0.6 is 15.9 Å². The van der Waals surface area contributed by atoms with Crippen LogP contribution in [-0.4, -0.2) is 50.7 Å². The van der Waals surface area contributed by atoms with E-state index in [9.17, 15) is 0 Å². The van der Waals surface area contributed by atoms with E-state index in [2.05, 4.69) is 36.0 Å². The largest absolute Gasteiger partial charge is 0.377 e. The minimum atomic E-state index is 0.364. The molecule has 0 spiro atoms. The van der Waals surface area contributed by atoms with E-state index in [0.717, 1.165) is 55.2 Å². The zero-order valence-electron chi connectivity index (χ0n) is 11.5. The van der Waals surface area contributed by atoms with Crippen LogP contribution in [0.2, 0.25) is 0 Å². The van der Waals surface area contributed by atoms with Crippen LogP contribution in [0.1, 0.15) is 18.7 Å². The molecule has 0 N–H and O–H groups in total. The molecular weight excluding hydrogens is 322 g/mol. The summed E-state index contributed by atoms with van der Waals surface area (Å²) in [6.07, 6.45) is 6.14. The highest BCUT2D eigenvalue weighted by Crippen LogP contribution is 2.22. The van der Waals surface area contributed by atoms with Gasteiger partial charge in [0.05, 0.1) is 12.7 Å². The fourth-order valence-electron chi connectivity index (χ4n) is 2.60. The normalized spacial score (nSPS) is 17.0. The van der Waals surface area contributed by atoms with E-state index in [1.54, 1.807) is 0 Å². The van der Waals surface area contributed by atoms with Gasteiger partial charge in [0.2, 0.25) is 5.65 Å². The summed E-state index contributed by atoms with van der Waals surface area (Å²) in [6.45, 7) is 4.63. The van der Waals surface area contributed by atoms with Gasteiger partial charge in [0.25, 0.3) is 0 Å². The minimum Gasteiger partial charge on any atom is -0.377 e. The number of aryl methyl sites for hydroxylation is 1. The van der Waals surface area contributed by atoms with Crippen LogP contribution in [0, 0.1) is 6.92 Å². The Morgan fingerprint density at radius 1 is 1.35 bits per heavy atom. The molecule has 0 atom stereocenters. The van der Waals surface area contributed by atoms with Crippen LogP contribution in [0.4, 0.5) is 5.82 Å². The molecule has 0 radical (unpaired) electrons. The molecule has 0 unspecified atom stereocenters. The molecule has 0 bridgehead atoms. The smallest absolute Gasteiger partial charge is 0.203 e. The number of piperidine rings is 1. The zero-order valence-corrected chi connectivity index (χ0v) is 13.1. The maximum absolute atomic E-state index is 5.78. The molecule has 0 aliphatic carbocycles. The van der Waals surface area contributed by atoms with Crippen molar-refractivity contribution in [2.45, 2.75) is 25.9 Å². The first kappa shape index (κ1) is 13.8. The van der Waals surface area contributed by atoms with Crippen molar-refractivity contribution in [3.8, 4) is 0 Å². The van der Waals surface area contributed by atoms with Gasteiger partial charge in [0.15, 0.2) is 5.82 Å². The van der Waals surface area contributed by atoms with Crippen LogP contribution in [0.5, 0.6) is 0 Å². The third kappa shape index (κ3) is 2.64. The number of hydrogen-bond donors (Lipinski definition) is 0. The molecule has 7 heteroatoms. The second-order valence-electron chi connectivity index (χ2n) is 4.94. The van der Waals surface area contributed by atoms with Crippen LogP contribution in [0.3, 0.4) is 0 Å². The van der Waals surface area contributed by atoms with Crippen LogP contribution in [0.15, 0.2) is 12.4 Å². The third-order valence-corrected chi connectivity index (χ3v) is 3.97. The Balaban J connectivity index is 1.73. The maximum atomic E-state index is 5.78. The number of anilines is 1. The molecule has 2 aromatic heterocycles. The molecule has 108 valence electrons. The average molecular weight is 340 g/mol. The van der Waals surface area contributed by atoms with Gasteiger partial charge in [-0.1, -0.05) is 15.9 Å². The molecule has 6 nitrogen and oxygen atoms in total. The lowest BCUT2D eigenvalue weighted by Crippen LogP contribution is -2.38. The van der Waals surface area contributed by atoms with Gasteiger partial charge in [-0.15, -0.1) is 10.2 Å². The number of halogens is 1. The molecular formula is C13H18BrN5O. The van der Waals surface area contributed by atoms with E-state index in [1.165, 1.54) is 0 Å². The molecule has 1 aliphatic rings. The fourth-order valence-corrected chi connectivity index (χ4v) is 2.78. The monoisotopic (exact) mass is 339 g/mol. The molecule has 20 heavy (non-hydrogen) atoms. The van der Waals surface area contributed by atoms with E-state index in [1.807, 2.05) is 23.7 Å². The summed E-state index contributed by atoms with van der Waals surface area (Å²) in [5.74, 6) is 1.81. The Morgan fingerprint density at radius 2 is 2.15 bits per heavy atom. The van der Waals surface area contributed by atoms with E-state index >= 15 is 0 Å². The summed E-state index contributed by atoms with van der Waals surface area (Å²) in [4.78, 5) is 6.76. The molecule has 3 rings (SSSR count). The molecule has 0 amide bonds. The molecule has 1 aliphatic heterocycles. The van der Waals surface area contributed by atoms with Gasteiger partial charge in [-0.2, -0.15) is 0 Å². The molecule has 0 saturated carbocycles. The quantitative estimate of drug-likeness (QED) is 0.795. The number of aromatic nitrogens is 4. The molecule has 2 aromatic rings. The Labute approximate surface area is 126 Å². The van der Waals surface area contributed by atoms with Crippen molar-refractivity contribution in [2.75, 3.05) is 29.9 Å². The van der Waals surface area contributed by atoms with E-state index in [0.29, 0.717) is 6.10 Å². The highest BCUT2D eigenvalue weighted by molar-refractivity contribution is 9.09. The second-order valence-corrected chi connectivity index (χ2v) is 5.73. The Bertz CT molecular complexity index is 579. The Morgan fingerprint density at radius 3 is 2.90 bits per heavy atom. The summed E-state index contributed by atoms with van der Waals surface area (Å²) < 4.78 is 7.76. The van der Waals surface area contributed by atoms with Crippen molar-refractivity contribution >= 4 is 27.4 Å². The SMILES string of the molecule is Cc1nnc2c(N3CCC(OCCBr)CC3)nccn12. The summed E-state index contributed by atoms with van der Waals surface area (Å²) in [5.41, 5.74) is 0.838. The average Bonchev–Trinajstić information content (AvgIpc) is 2.87. The van der Waals surface area contributed by atoms with E-state index in [-0.39, 0.29) is 0 Å². The van der Waals surface area contributed by atoms with Crippen molar-refractivity contribution in [3.05, 3.63) is 18.2 Å². The van der Waals surface area contributed by atoms with Crippen LogP contribution in [0.25, 0.3) is 5.65 Å². The predicted molar refractivity (Wildman–Crippen MR) is 80.5 cm³/mol. The van der Waals surface area contributed by atoms with Crippen molar-refractivity contribution in [1.82, 2.24) is 19.6 Å². The van der Waals surface area contributed by atoms with Crippen molar-refractivity contribution in [3.63, 3.8) is 0 Å². The molecule has 0 aromatic carbocycles. The summed E-state index contributed by atoms with van der Waals surface area (Å²) >= 11 is 3.39. The lowest BCUT2D eigenvalue weighted by atomic mass is 10.1. The van der Waals surface area contributed by atoms with Crippen LogP contribution < -0.4 is 4.90 Å². The zero-order chi connectivity index (χ0) is 13.9. The first-order chi connectivity index (χ1) is 9.79. The minimum absolute atomic E-state index is 0.364.